The fraction of sp³-hybridized carbons (Fsp3) is 0. The van der Waals surface area contributed by atoms with Crippen LogP contribution in [0.4, 0.5) is 10.3 Å². The summed E-state index contributed by atoms with van der Waals surface area (Å²) in [6, 6.07) is 22.1. The van der Waals surface area contributed by atoms with Crippen molar-refractivity contribution in [3.05, 3.63) is 96.4 Å². The summed E-state index contributed by atoms with van der Waals surface area (Å²) >= 11 is 0. The second-order valence-electron chi connectivity index (χ2n) is 6.83. The molecule has 3 heterocycles. The first kappa shape index (κ1) is 18.6. The van der Waals surface area contributed by atoms with Gasteiger partial charge in [0.25, 0.3) is 5.91 Å². The van der Waals surface area contributed by atoms with Crippen molar-refractivity contribution < 1.29 is 13.7 Å². The quantitative estimate of drug-likeness (QED) is 0.432. The molecule has 0 spiro atoms. The average Bonchev–Trinajstić information content (AvgIpc) is 3.27. The van der Waals surface area contributed by atoms with Gasteiger partial charge in [0.1, 0.15) is 11.5 Å². The van der Waals surface area contributed by atoms with E-state index in [-0.39, 0.29) is 17.6 Å². The smallest absolute Gasteiger partial charge is 0.258 e. The average molecular weight is 410 g/mol. The van der Waals surface area contributed by atoms with Crippen molar-refractivity contribution >= 4 is 22.7 Å². The van der Waals surface area contributed by atoms with Gasteiger partial charge in [-0.25, -0.2) is 9.37 Å². The van der Waals surface area contributed by atoms with Crippen LogP contribution in [0.5, 0.6) is 0 Å². The molecule has 1 N–H and O–H groups in total. The fourth-order valence-electron chi connectivity index (χ4n) is 3.31. The zero-order valence-electron chi connectivity index (χ0n) is 16.1. The number of aromatic nitrogens is 3. The maximum atomic E-state index is 13.5. The van der Waals surface area contributed by atoms with Crippen LogP contribution in [0.15, 0.2) is 89.6 Å². The van der Waals surface area contributed by atoms with Crippen molar-refractivity contribution in [1.82, 2.24) is 15.1 Å². The van der Waals surface area contributed by atoms with Crippen LogP contribution in [0, 0.1) is 5.82 Å². The first-order chi connectivity index (χ1) is 15.2. The predicted octanol–water partition coefficient (Wildman–Crippen LogP) is 5.34. The van der Waals surface area contributed by atoms with E-state index in [1.807, 2.05) is 42.5 Å². The molecular formula is C24H15FN4O2. The van der Waals surface area contributed by atoms with Gasteiger partial charge >= 0.3 is 0 Å². The first-order valence-electron chi connectivity index (χ1n) is 9.52. The summed E-state index contributed by atoms with van der Waals surface area (Å²) in [5.41, 5.74) is 3.32. The summed E-state index contributed by atoms with van der Waals surface area (Å²) in [5.74, 6) is -0.598. The summed E-state index contributed by atoms with van der Waals surface area (Å²) in [6.45, 7) is 0. The third-order valence-corrected chi connectivity index (χ3v) is 4.76. The Morgan fingerprint density at radius 3 is 2.58 bits per heavy atom. The summed E-state index contributed by atoms with van der Waals surface area (Å²) in [4.78, 5) is 22.1. The minimum Gasteiger partial charge on any atom is -0.338 e. The van der Waals surface area contributed by atoms with Gasteiger partial charge in [0, 0.05) is 23.2 Å². The Morgan fingerprint density at radius 1 is 0.871 bits per heavy atom. The van der Waals surface area contributed by atoms with Crippen LogP contribution in [-0.2, 0) is 0 Å². The zero-order chi connectivity index (χ0) is 21.2. The molecule has 0 aliphatic heterocycles. The normalized spacial score (nSPS) is 10.9. The fourth-order valence-corrected chi connectivity index (χ4v) is 3.31. The van der Waals surface area contributed by atoms with Gasteiger partial charge < -0.3 is 4.52 Å². The number of hydrogen-bond acceptors (Lipinski definition) is 5. The van der Waals surface area contributed by atoms with E-state index in [4.69, 9.17) is 4.52 Å². The maximum Gasteiger partial charge on any atom is 0.258 e. The lowest BCUT2D eigenvalue weighted by molar-refractivity contribution is 0.102. The molecule has 3 aromatic heterocycles. The molecule has 5 aromatic rings. The molecule has 0 fully saturated rings. The topological polar surface area (TPSA) is 80.9 Å². The minimum atomic E-state index is -0.378. The summed E-state index contributed by atoms with van der Waals surface area (Å²) in [6.07, 6.45) is 1.68. The number of carbonyl (C=O) groups excluding carboxylic acids is 1. The molecule has 0 unspecified atom stereocenters. The molecule has 0 aliphatic rings. The summed E-state index contributed by atoms with van der Waals surface area (Å²) in [5, 5.41) is 7.35. The summed E-state index contributed by atoms with van der Waals surface area (Å²) in [7, 11) is 0. The monoisotopic (exact) mass is 410 g/mol. The Labute approximate surface area is 176 Å². The Bertz CT molecular complexity index is 1400. The second kappa shape index (κ2) is 7.79. The zero-order valence-corrected chi connectivity index (χ0v) is 16.1. The Hall–Kier alpha value is -4.39. The molecule has 7 heteroatoms. The molecule has 0 saturated heterocycles. The summed E-state index contributed by atoms with van der Waals surface area (Å²) < 4.78 is 18.7. The van der Waals surface area contributed by atoms with Gasteiger partial charge in [0.15, 0.2) is 0 Å². The number of carbonyl (C=O) groups is 1. The number of amides is 1. The number of pyridine rings is 2. The molecule has 2 aromatic carbocycles. The van der Waals surface area contributed by atoms with E-state index in [0.29, 0.717) is 39.1 Å². The van der Waals surface area contributed by atoms with Gasteiger partial charge in [0.2, 0.25) is 5.88 Å². The number of hydrogen-bond donors (Lipinski definition) is 1. The number of fused-ring (bicyclic) bond motifs is 1. The number of nitrogens with one attached hydrogen (secondary N) is 1. The van der Waals surface area contributed by atoms with E-state index >= 15 is 0 Å². The van der Waals surface area contributed by atoms with Crippen LogP contribution >= 0.6 is 0 Å². The van der Waals surface area contributed by atoms with Crippen LogP contribution in [0.2, 0.25) is 0 Å². The van der Waals surface area contributed by atoms with E-state index in [9.17, 15) is 9.18 Å². The van der Waals surface area contributed by atoms with E-state index in [1.165, 1.54) is 12.1 Å². The Balaban J connectivity index is 1.50. The minimum absolute atomic E-state index is 0.157. The number of para-hydroxylation sites is 1. The Morgan fingerprint density at radius 2 is 1.74 bits per heavy atom. The molecule has 31 heavy (non-hydrogen) atoms. The van der Waals surface area contributed by atoms with Gasteiger partial charge in [-0.1, -0.05) is 41.6 Å². The highest BCUT2D eigenvalue weighted by molar-refractivity contribution is 6.12. The third-order valence-electron chi connectivity index (χ3n) is 4.76. The molecule has 0 saturated carbocycles. The van der Waals surface area contributed by atoms with Crippen molar-refractivity contribution in [3.63, 3.8) is 0 Å². The number of benzene rings is 2. The number of anilines is 1. The van der Waals surface area contributed by atoms with Crippen LogP contribution in [-0.4, -0.2) is 21.0 Å². The van der Waals surface area contributed by atoms with Crippen molar-refractivity contribution in [1.29, 1.82) is 0 Å². The van der Waals surface area contributed by atoms with Gasteiger partial charge in [-0.2, -0.15) is 0 Å². The van der Waals surface area contributed by atoms with Crippen LogP contribution in [0.1, 0.15) is 10.4 Å². The molecular weight excluding hydrogens is 395 g/mol. The molecule has 150 valence electrons. The van der Waals surface area contributed by atoms with E-state index in [2.05, 4.69) is 20.4 Å². The molecule has 0 aliphatic carbocycles. The van der Waals surface area contributed by atoms with Crippen LogP contribution < -0.4 is 5.32 Å². The molecule has 6 nitrogen and oxygen atoms in total. The Kier molecular flexibility index (Phi) is 4.68. The standard InChI is InChI=1S/C24H15FN4O2/c25-16-7-5-6-15(12-16)21-14-23(31-29-21)28-24(30)18-13-22(20-10-3-4-11-26-20)27-19-9-2-1-8-17(18)19/h1-14H,(H,28,30). The molecule has 0 radical (unpaired) electrons. The number of nitrogens with zero attached hydrogens (tertiary/aromatic N) is 3. The maximum absolute atomic E-state index is 13.5. The van der Waals surface area contributed by atoms with Crippen molar-refractivity contribution in [3.8, 4) is 22.6 Å². The van der Waals surface area contributed by atoms with E-state index < -0.39 is 0 Å². The highest BCUT2D eigenvalue weighted by atomic mass is 19.1. The van der Waals surface area contributed by atoms with Crippen molar-refractivity contribution in [2.45, 2.75) is 0 Å². The van der Waals surface area contributed by atoms with Crippen molar-refractivity contribution in [2.75, 3.05) is 5.32 Å². The molecule has 0 atom stereocenters. The molecule has 5 rings (SSSR count). The SMILES string of the molecule is O=C(Nc1cc(-c2cccc(F)c2)no1)c1cc(-c2ccccn2)nc2ccccc12. The second-order valence-corrected chi connectivity index (χ2v) is 6.83. The highest BCUT2D eigenvalue weighted by Gasteiger charge is 2.17. The van der Waals surface area contributed by atoms with Crippen LogP contribution in [0.25, 0.3) is 33.5 Å². The molecule has 1 amide bonds. The predicted molar refractivity (Wildman–Crippen MR) is 115 cm³/mol. The first-order valence-corrected chi connectivity index (χ1v) is 9.52. The number of halogens is 1. The lowest BCUT2D eigenvalue weighted by Crippen LogP contribution is -2.12. The lowest BCUT2D eigenvalue weighted by atomic mass is 10.1. The van der Waals surface area contributed by atoms with Gasteiger partial charge in [-0.15, -0.1) is 0 Å². The van der Waals surface area contributed by atoms with E-state index in [0.717, 1.165) is 0 Å². The lowest BCUT2D eigenvalue weighted by Gasteiger charge is -2.09. The third kappa shape index (κ3) is 3.76. The van der Waals surface area contributed by atoms with Gasteiger partial charge in [-0.3, -0.25) is 15.1 Å². The molecule has 0 bridgehead atoms. The largest absolute Gasteiger partial charge is 0.338 e. The van der Waals surface area contributed by atoms with Gasteiger partial charge in [-0.05, 0) is 36.4 Å². The number of rotatable bonds is 4. The van der Waals surface area contributed by atoms with Crippen LogP contribution in [0.3, 0.4) is 0 Å². The van der Waals surface area contributed by atoms with Crippen molar-refractivity contribution in [2.24, 2.45) is 0 Å². The van der Waals surface area contributed by atoms with Gasteiger partial charge in [0.05, 0.1) is 22.5 Å². The highest BCUT2D eigenvalue weighted by Crippen LogP contribution is 2.26. The van der Waals surface area contributed by atoms with E-state index in [1.54, 1.807) is 30.5 Å².